The lowest BCUT2D eigenvalue weighted by atomic mass is 9.87. The van der Waals surface area contributed by atoms with Crippen molar-refractivity contribution in [3.63, 3.8) is 0 Å². The molecular weight excluding hydrogens is 297 g/mol. The zero-order valence-electron chi connectivity index (χ0n) is 10.8. The van der Waals surface area contributed by atoms with Gasteiger partial charge in [0.05, 0.1) is 10.0 Å². The maximum Gasteiger partial charge on any atom is 0.162 e. The fourth-order valence-corrected chi connectivity index (χ4v) is 3.05. The summed E-state index contributed by atoms with van der Waals surface area (Å²) in [5.41, 5.74) is 1.06. The highest BCUT2D eigenvalue weighted by Gasteiger charge is 2.28. The van der Waals surface area contributed by atoms with Crippen LogP contribution in [-0.2, 0) is 0 Å². The average molecular weight is 312 g/mol. The van der Waals surface area contributed by atoms with E-state index in [0.717, 1.165) is 31.5 Å². The smallest absolute Gasteiger partial charge is 0.162 e. The van der Waals surface area contributed by atoms with Crippen LogP contribution in [0.5, 0.6) is 0 Å². The molecule has 0 spiro atoms. The maximum atomic E-state index is 6.14. The molecule has 0 radical (unpaired) electrons. The molecule has 2 aromatic rings. The SMILES string of the molecule is Clc1ccc([C@H](C2CCCNC2)n2ncnn2)cc1Cl. The molecule has 1 aromatic heterocycles. The lowest BCUT2D eigenvalue weighted by Crippen LogP contribution is -2.36. The second-order valence-corrected chi connectivity index (χ2v) is 5.80. The molecule has 0 saturated carbocycles. The van der Waals surface area contributed by atoms with Crippen LogP contribution in [0.15, 0.2) is 24.5 Å². The number of nitrogens with zero attached hydrogens (tertiary/aromatic N) is 4. The molecule has 2 heterocycles. The van der Waals surface area contributed by atoms with Crippen LogP contribution in [0.1, 0.15) is 24.4 Å². The molecular formula is C13H15Cl2N5. The van der Waals surface area contributed by atoms with Crippen LogP contribution in [0.4, 0.5) is 0 Å². The molecule has 1 fully saturated rings. The second-order valence-electron chi connectivity index (χ2n) is 4.98. The number of halogens is 2. The number of benzene rings is 1. The van der Waals surface area contributed by atoms with E-state index in [9.17, 15) is 0 Å². The summed E-state index contributed by atoms with van der Waals surface area (Å²) in [7, 11) is 0. The Morgan fingerprint density at radius 3 is 2.85 bits per heavy atom. The van der Waals surface area contributed by atoms with Crippen molar-refractivity contribution >= 4 is 23.2 Å². The monoisotopic (exact) mass is 311 g/mol. The van der Waals surface area contributed by atoms with Gasteiger partial charge in [-0.05, 0) is 48.2 Å². The van der Waals surface area contributed by atoms with Crippen molar-refractivity contribution < 1.29 is 0 Å². The topological polar surface area (TPSA) is 55.6 Å². The van der Waals surface area contributed by atoms with E-state index < -0.39 is 0 Å². The molecule has 0 aliphatic carbocycles. The first kappa shape index (κ1) is 13.8. The van der Waals surface area contributed by atoms with Crippen molar-refractivity contribution in [1.29, 1.82) is 0 Å². The number of piperidine rings is 1. The number of rotatable bonds is 3. The summed E-state index contributed by atoms with van der Waals surface area (Å²) >= 11 is 12.1. The number of tetrazole rings is 1. The van der Waals surface area contributed by atoms with Crippen molar-refractivity contribution in [2.24, 2.45) is 5.92 Å². The van der Waals surface area contributed by atoms with Gasteiger partial charge in [0.1, 0.15) is 6.04 Å². The predicted octanol–water partition coefficient (Wildman–Crippen LogP) is 2.57. The van der Waals surface area contributed by atoms with Crippen LogP contribution < -0.4 is 5.32 Å². The molecule has 3 rings (SSSR count). The van der Waals surface area contributed by atoms with Gasteiger partial charge < -0.3 is 5.32 Å². The van der Waals surface area contributed by atoms with Crippen molar-refractivity contribution in [3.8, 4) is 0 Å². The lowest BCUT2D eigenvalue weighted by Gasteiger charge is -2.30. The standard InChI is InChI=1S/C13H15Cl2N5/c14-11-4-3-9(6-12(11)15)13(20-18-8-17-19-20)10-2-1-5-16-7-10/h3-4,6,8,10,13,16H,1-2,5,7H2/t10?,13-/m1/s1. The van der Waals surface area contributed by atoms with Gasteiger partial charge in [0.15, 0.2) is 6.33 Å². The van der Waals surface area contributed by atoms with Gasteiger partial charge in [0, 0.05) is 6.54 Å². The Labute approximate surface area is 127 Å². The van der Waals surface area contributed by atoms with Crippen LogP contribution in [0.2, 0.25) is 10.0 Å². The van der Waals surface area contributed by atoms with Gasteiger partial charge in [-0.25, -0.2) is 0 Å². The van der Waals surface area contributed by atoms with E-state index >= 15 is 0 Å². The van der Waals surface area contributed by atoms with Crippen molar-refractivity contribution in [3.05, 3.63) is 40.1 Å². The maximum absolute atomic E-state index is 6.14. The third kappa shape index (κ3) is 2.80. The van der Waals surface area contributed by atoms with Gasteiger partial charge in [-0.15, -0.1) is 10.2 Å². The Kier molecular flexibility index (Phi) is 4.19. The molecule has 1 aromatic carbocycles. The zero-order valence-corrected chi connectivity index (χ0v) is 12.3. The Bertz CT molecular complexity index is 566. The molecule has 1 N–H and O–H groups in total. The van der Waals surface area contributed by atoms with Gasteiger partial charge in [0.25, 0.3) is 0 Å². The molecule has 1 aliphatic rings. The molecule has 0 amide bonds. The molecule has 0 bridgehead atoms. The van der Waals surface area contributed by atoms with E-state index in [1.165, 1.54) is 6.33 Å². The molecule has 7 heteroatoms. The summed E-state index contributed by atoms with van der Waals surface area (Å²) in [5, 5.41) is 16.6. The van der Waals surface area contributed by atoms with Crippen LogP contribution in [0.3, 0.4) is 0 Å². The fraction of sp³-hybridized carbons (Fsp3) is 0.462. The Morgan fingerprint density at radius 2 is 2.20 bits per heavy atom. The molecule has 20 heavy (non-hydrogen) atoms. The van der Waals surface area contributed by atoms with Crippen LogP contribution >= 0.6 is 23.2 Å². The van der Waals surface area contributed by atoms with E-state index in [0.29, 0.717) is 16.0 Å². The molecule has 1 aliphatic heterocycles. The van der Waals surface area contributed by atoms with Crippen molar-refractivity contribution in [2.45, 2.75) is 18.9 Å². The summed E-state index contributed by atoms with van der Waals surface area (Å²) in [6, 6.07) is 5.73. The van der Waals surface area contributed by atoms with Gasteiger partial charge in [-0.2, -0.15) is 4.80 Å². The first-order chi connectivity index (χ1) is 9.75. The van der Waals surface area contributed by atoms with Gasteiger partial charge >= 0.3 is 0 Å². The zero-order chi connectivity index (χ0) is 13.9. The third-order valence-electron chi connectivity index (χ3n) is 3.68. The Hall–Kier alpha value is -1.17. The van der Waals surface area contributed by atoms with E-state index in [-0.39, 0.29) is 6.04 Å². The van der Waals surface area contributed by atoms with Crippen LogP contribution in [-0.4, -0.2) is 33.3 Å². The third-order valence-corrected chi connectivity index (χ3v) is 4.42. The fourth-order valence-electron chi connectivity index (χ4n) is 2.74. The van der Waals surface area contributed by atoms with E-state index in [2.05, 4.69) is 20.7 Å². The number of hydrogen-bond acceptors (Lipinski definition) is 4. The van der Waals surface area contributed by atoms with E-state index in [1.54, 1.807) is 4.80 Å². The molecule has 1 unspecified atom stereocenters. The number of hydrogen-bond donors (Lipinski definition) is 1. The molecule has 5 nitrogen and oxygen atoms in total. The Morgan fingerprint density at radius 1 is 1.30 bits per heavy atom. The summed E-state index contributed by atoms with van der Waals surface area (Å²) in [4.78, 5) is 1.66. The van der Waals surface area contributed by atoms with Gasteiger partial charge in [-0.3, -0.25) is 0 Å². The number of aromatic nitrogens is 4. The second kappa shape index (κ2) is 6.08. The highest BCUT2D eigenvalue weighted by atomic mass is 35.5. The minimum Gasteiger partial charge on any atom is -0.316 e. The minimum atomic E-state index is 0.0278. The minimum absolute atomic E-state index is 0.0278. The Balaban J connectivity index is 1.98. The van der Waals surface area contributed by atoms with Crippen LogP contribution in [0, 0.1) is 5.92 Å². The summed E-state index contributed by atoms with van der Waals surface area (Å²) in [5.74, 6) is 0.412. The predicted molar refractivity (Wildman–Crippen MR) is 78.0 cm³/mol. The molecule has 1 saturated heterocycles. The van der Waals surface area contributed by atoms with Crippen molar-refractivity contribution in [1.82, 2.24) is 25.5 Å². The first-order valence-electron chi connectivity index (χ1n) is 6.64. The molecule has 106 valence electrons. The summed E-state index contributed by atoms with van der Waals surface area (Å²) in [6.45, 7) is 2.00. The number of nitrogens with one attached hydrogen (secondary N) is 1. The largest absolute Gasteiger partial charge is 0.316 e. The molecule has 2 atom stereocenters. The van der Waals surface area contributed by atoms with E-state index in [4.69, 9.17) is 23.2 Å². The summed E-state index contributed by atoms with van der Waals surface area (Å²) in [6.07, 6.45) is 3.73. The quantitative estimate of drug-likeness (QED) is 0.946. The normalized spacial score (nSPS) is 20.8. The highest BCUT2D eigenvalue weighted by molar-refractivity contribution is 6.42. The van der Waals surface area contributed by atoms with Crippen molar-refractivity contribution in [2.75, 3.05) is 13.1 Å². The average Bonchev–Trinajstić information content (AvgIpc) is 2.98. The summed E-state index contributed by atoms with van der Waals surface area (Å²) < 4.78 is 0. The van der Waals surface area contributed by atoms with Crippen LogP contribution in [0.25, 0.3) is 0 Å². The van der Waals surface area contributed by atoms with E-state index in [1.807, 2.05) is 18.2 Å². The van der Waals surface area contributed by atoms with Gasteiger partial charge in [-0.1, -0.05) is 29.3 Å². The lowest BCUT2D eigenvalue weighted by molar-refractivity contribution is 0.261. The van der Waals surface area contributed by atoms with Gasteiger partial charge in [0.2, 0.25) is 0 Å². The highest BCUT2D eigenvalue weighted by Crippen LogP contribution is 2.33. The first-order valence-corrected chi connectivity index (χ1v) is 7.39.